The number of halogens is 1. The Morgan fingerprint density at radius 2 is 2.10 bits per heavy atom. The van der Waals surface area contributed by atoms with Crippen molar-refractivity contribution in [3.05, 3.63) is 34.9 Å². The topological polar surface area (TPSA) is 49.4 Å². The summed E-state index contributed by atoms with van der Waals surface area (Å²) in [4.78, 5) is 26.5. The van der Waals surface area contributed by atoms with Crippen LogP contribution in [0.5, 0.6) is 0 Å². The van der Waals surface area contributed by atoms with Crippen molar-refractivity contribution in [1.82, 2.24) is 10.2 Å². The molecular weight excluding hydrogens is 288 g/mol. The molecule has 1 aliphatic heterocycles. The number of hydrogen-bond acceptors (Lipinski definition) is 2. The van der Waals surface area contributed by atoms with Crippen molar-refractivity contribution >= 4 is 23.4 Å². The van der Waals surface area contributed by atoms with Crippen molar-refractivity contribution < 1.29 is 9.59 Å². The molecule has 2 fully saturated rings. The zero-order chi connectivity index (χ0) is 15.0. The third-order valence-corrected chi connectivity index (χ3v) is 4.45. The van der Waals surface area contributed by atoms with Gasteiger partial charge in [-0.3, -0.25) is 9.59 Å². The smallest absolute Gasteiger partial charge is 0.245 e. The number of nitrogens with zero attached hydrogens (tertiary/aromatic N) is 1. The predicted octanol–water partition coefficient (Wildman–Crippen LogP) is 2.36. The highest BCUT2D eigenvalue weighted by Crippen LogP contribution is 2.35. The fraction of sp³-hybridized carbons (Fsp3) is 0.500. The summed E-state index contributed by atoms with van der Waals surface area (Å²) in [5, 5.41) is 3.55. The molecule has 1 aromatic rings. The molecule has 5 heteroatoms. The van der Waals surface area contributed by atoms with Crippen LogP contribution in [-0.2, 0) is 16.1 Å². The van der Waals surface area contributed by atoms with Crippen molar-refractivity contribution in [3.63, 3.8) is 0 Å². The van der Waals surface area contributed by atoms with Gasteiger partial charge in [-0.25, -0.2) is 0 Å². The highest BCUT2D eigenvalue weighted by molar-refractivity contribution is 6.30. The molecule has 1 aromatic carbocycles. The number of nitrogens with one attached hydrogen (secondary N) is 1. The quantitative estimate of drug-likeness (QED) is 0.932. The van der Waals surface area contributed by atoms with Crippen LogP contribution in [-0.4, -0.2) is 28.8 Å². The lowest BCUT2D eigenvalue weighted by Crippen LogP contribution is -2.47. The molecule has 0 bridgehead atoms. The van der Waals surface area contributed by atoms with Gasteiger partial charge in [0.15, 0.2) is 0 Å². The van der Waals surface area contributed by atoms with Crippen molar-refractivity contribution in [2.45, 2.75) is 44.8 Å². The minimum atomic E-state index is -0.346. The Balaban J connectivity index is 1.83. The highest BCUT2D eigenvalue weighted by Gasteiger charge is 2.42. The second-order valence-corrected chi connectivity index (χ2v) is 6.47. The van der Waals surface area contributed by atoms with Gasteiger partial charge in [0.05, 0.1) is 0 Å². The van der Waals surface area contributed by atoms with E-state index in [0.29, 0.717) is 23.9 Å². The lowest BCUT2D eigenvalue weighted by Gasteiger charge is -2.29. The predicted molar refractivity (Wildman–Crippen MR) is 80.7 cm³/mol. The molecule has 4 nitrogen and oxygen atoms in total. The molecule has 0 spiro atoms. The molecule has 2 amide bonds. The van der Waals surface area contributed by atoms with Crippen molar-refractivity contribution in [3.8, 4) is 0 Å². The summed E-state index contributed by atoms with van der Waals surface area (Å²) in [5.41, 5.74) is 0.992. The third-order valence-electron chi connectivity index (χ3n) is 4.21. The van der Waals surface area contributed by atoms with Gasteiger partial charge in [-0.05, 0) is 43.4 Å². The van der Waals surface area contributed by atoms with Crippen LogP contribution in [0, 0.1) is 5.92 Å². The van der Waals surface area contributed by atoms with E-state index in [0.717, 1.165) is 18.4 Å². The van der Waals surface area contributed by atoms with Crippen molar-refractivity contribution in [2.24, 2.45) is 5.92 Å². The van der Waals surface area contributed by atoms with Crippen LogP contribution in [0.4, 0.5) is 0 Å². The van der Waals surface area contributed by atoms with Crippen molar-refractivity contribution in [1.29, 1.82) is 0 Å². The maximum absolute atomic E-state index is 12.8. The minimum Gasteiger partial charge on any atom is -0.344 e. The normalized spacial score (nSPS) is 26.5. The molecule has 2 unspecified atom stereocenters. The van der Waals surface area contributed by atoms with Gasteiger partial charge in [0, 0.05) is 24.0 Å². The standard InChI is InChI=1S/C16H19ClN2O2/c1-10-7-14(20)18-15(12-5-6-12)16(21)19(10)9-11-3-2-4-13(17)8-11/h2-4,8,10,12,15H,5-7,9H2,1H3,(H,18,20). The summed E-state index contributed by atoms with van der Waals surface area (Å²) in [5.74, 6) is 0.325. The van der Waals surface area contributed by atoms with E-state index in [1.165, 1.54) is 0 Å². The van der Waals surface area contributed by atoms with Gasteiger partial charge < -0.3 is 10.2 Å². The van der Waals surface area contributed by atoms with E-state index in [1.54, 1.807) is 0 Å². The Morgan fingerprint density at radius 3 is 2.76 bits per heavy atom. The van der Waals surface area contributed by atoms with Crippen LogP contribution >= 0.6 is 11.6 Å². The SMILES string of the molecule is CC1CC(=O)NC(C2CC2)C(=O)N1Cc1cccc(Cl)c1. The summed E-state index contributed by atoms with van der Waals surface area (Å²) < 4.78 is 0. The summed E-state index contributed by atoms with van der Waals surface area (Å²) in [6.07, 6.45) is 2.40. The zero-order valence-electron chi connectivity index (χ0n) is 12.0. The first-order chi connectivity index (χ1) is 10.0. The van der Waals surface area contributed by atoms with Crippen molar-refractivity contribution in [2.75, 3.05) is 0 Å². The van der Waals surface area contributed by atoms with Gasteiger partial charge in [0.2, 0.25) is 11.8 Å². The first-order valence-electron chi connectivity index (χ1n) is 7.39. The van der Waals surface area contributed by atoms with E-state index >= 15 is 0 Å². The molecule has 3 rings (SSSR count). The molecule has 1 N–H and O–H groups in total. The monoisotopic (exact) mass is 306 g/mol. The number of rotatable bonds is 3. The lowest BCUT2D eigenvalue weighted by molar-refractivity contribution is -0.136. The number of carbonyl (C=O) groups is 2. The molecule has 0 aromatic heterocycles. The van der Waals surface area contributed by atoms with E-state index in [1.807, 2.05) is 36.1 Å². The van der Waals surface area contributed by atoms with Crippen LogP contribution < -0.4 is 5.32 Å². The Labute approximate surface area is 129 Å². The maximum atomic E-state index is 12.8. The Morgan fingerprint density at radius 1 is 1.33 bits per heavy atom. The fourth-order valence-corrected chi connectivity index (χ4v) is 3.10. The van der Waals surface area contributed by atoms with Crippen LogP contribution in [0.15, 0.2) is 24.3 Å². The molecule has 1 aliphatic carbocycles. The van der Waals surface area contributed by atoms with Gasteiger partial charge in [0.1, 0.15) is 6.04 Å². The highest BCUT2D eigenvalue weighted by atomic mass is 35.5. The molecule has 1 heterocycles. The molecule has 0 radical (unpaired) electrons. The van der Waals surface area contributed by atoms with Crippen LogP contribution in [0.1, 0.15) is 31.7 Å². The van der Waals surface area contributed by atoms with Crippen LogP contribution in [0.3, 0.4) is 0 Å². The average molecular weight is 307 g/mol. The van der Waals surface area contributed by atoms with E-state index in [-0.39, 0.29) is 23.9 Å². The van der Waals surface area contributed by atoms with E-state index < -0.39 is 0 Å². The second kappa shape index (κ2) is 5.68. The van der Waals surface area contributed by atoms with E-state index in [2.05, 4.69) is 5.32 Å². The van der Waals surface area contributed by atoms with Crippen LogP contribution in [0.2, 0.25) is 5.02 Å². The summed E-state index contributed by atoms with van der Waals surface area (Å²) in [7, 11) is 0. The minimum absolute atomic E-state index is 0.0265. The molecule has 1 saturated carbocycles. The Hall–Kier alpha value is -1.55. The lowest BCUT2D eigenvalue weighted by atomic mass is 10.1. The molecular formula is C16H19ClN2O2. The van der Waals surface area contributed by atoms with Gasteiger partial charge in [-0.15, -0.1) is 0 Å². The summed E-state index contributed by atoms with van der Waals surface area (Å²) in [6, 6.07) is 7.08. The van der Waals surface area contributed by atoms with Gasteiger partial charge in [-0.1, -0.05) is 23.7 Å². The molecule has 2 aliphatic rings. The first-order valence-corrected chi connectivity index (χ1v) is 7.76. The van der Waals surface area contributed by atoms with Crippen LogP contribution in [0.25, 0.3) is 0 Å². The van der Waals surface area contributed by atoms with Gasteiger partial charge in [0.25, 0.3) is 0 Å². The summed E-state index contributed by atoms with van der Waals surface area (Å²) >= 11 is 6.01. The average Bonchev–Trinajstić information content (AvgIpc) is 3.25. The van der Waals surface area contributed by atoms with Gasteiger partial charge in [-0.2, -0.15) is 0 Å². The largest absolute Gasteiger partial charge is 0.344 e. The molecule has 21 heavy (non-hydrogen) atoms. The Bertz CT molecular complexity index is 571. The number of amides is 2. The first kappa shape index (κ1) is 14.4. The number of carbonyl (C=O) groups excluding carboxylic acids is 2. The molecule has 112 valence electrons. The van der Waals surface area contributed by atoms with Gasteiger partial charge >= 0.3 is 0 Å². The summed E-state index contributed by atoms with van der Waals surface area (Å²) in [6.45, 7) is 2.43. The second-order valence-electron chi connectivity index (χ2n) is 6.03. The molecule has 1 saturated heterocycles. The third kappa shape index (κ3) is 3.21. The fourth-order valence-electron chi connectivity index (χ4n) is 2.88. The number of benzene rings is 1. The van der Waals surface area contributed by atoms with E-state index in [4.69, 9.17) is 11.6 Å². The number of hydrogen-bond donors (Lipinski definition) is 1. The molecule has 2 atom stereocenters. The zero-order valence-corrected chi connectivity index (χ0v) is 12.8. The Kier molecular flexibility index (Phi) is 3.89. The maximum Gasteiger partial charge on any atom is 0.245 e. The van der Waals surface area contributed by atoms with E-state index in [9.17, 15) is 9.59 Å².